The van der Waals surface area contributed by atoms with Crippen LogP contribution in [0.5, 0.6) is 5.75 Å². The molecule has 4 aromatic rings. The normalized spacial score (nSPS) is 12.8. The molecule has 0 fully saturated rings. The molecule has 2 aromatic carbocycles. The first-order valence-corrected chi connectivity index (χ1v) is 10.5. The van der Waals surface area contributed by atoms with Gasteiger partial charge in [0, 0.05) is 5.56 Å². The maximum Gasteiger partial charge on any atom is 0.440 e. The Hall–Kier alpha value is -4.28. The molecule has 2 heterocycles. The van der Waals surface area contributed by atoms with E-state index in [-0.39, 0.29) is 12.5 Å². The molecule has 1 unspecified atom stereocenters. The van der Waals surface area contributed by atoms with E-state index in [1.807, 2.05) is 11.1 Å². The highest BCUT2D eigenvalue weighted by atomic mass is 19.4. The number of rotatable bonds is 7. The third-order valence-electron chi connectivity index (χ3n) is 5.11. The lowest BCUT2D eigenvalue weighted by molar-refractivity contribution is -0.137. The van der Waals surface area contributed by atoms with Crippen molar-refractivity contribution in [3.05, 3.63) is 98.2 Å². The minimum absolute atomic E-state index is 0.0867. The van der Waals surface area contributed by atoms with Gasteiger partial charge < -0.3 is 13.7 Å². The second-order valence-electron chi connectivity index (χ2n) is 7.69. The number of benzene rings is 2. The Labute approximate surface area is 196 Å². The molecule has 4 rings (SSSR count). The molecular formula is C24H20F3N3O5. The molecule has 0 amide bonds. The predicted octanol–water partition coefficient (Wildman–Crippen LogP) is 4.97. The molecule has 0 aliphatic rings. The van der Waals surface area contributed by atoms with Crippen molar-refractivity contribution in [3.63, 3.8) is 0 Å². The summed E-state index contributed by atoms with van der Waals surface area (Å²) in [5.74, 6) is 0.411. The molecule has 0 aliphatic heterocycles. The van der Waals surface area contributed by atoms with Crippen molar-refractivity contribution in [1.82, 2.24) is 14.7 Å². The molecule has 0 spiro atoms. The largest absolute Gasteiger partial charge is 0.487 e. The highest BCUT2D eigenvalue weighted by molar-refractivity contribution is 5.55. The Morgan fingerprint density at radius 1 is 1.17 bits per heavy atom. The van der Waals surface area contributed by atoms with Gasteiger partial charge in [-0.05, 0) is 55.8 Å². The molecule has 8 nitrogen and oxygen atoms in total. The maximum absolute atomic E-state index is 12.8. The van der Waals surface area contributed by atoms with Crippen LogP contribution in [-0.2, 0) is 12.8 Å². The van der Waals surface area contributed by atoms with Crippen LogP contribution in [0, 0.1) is 6.92 Å². The third kappa shape index (κ3) is 5.62. The first-order chi connectivity index (χ1) is 16.6. The lowest BCUT2D eigenvalue weighted by Crippen LogP contribution is -2.18. The zero-order valence-corrected chi connectivity index (χ0v) is 18.6. The van der Waals surface area contributed by atoms with Gasteiger partial charge in [-0.3, -0.25) is 0 Å². The van der Waals surface area contributed by atoms with Gasteiger partial charge in [-0.1, -0.05) is 24.3 Å². The summed E-state index contributed by atoms with van der Waals surface area (Å²) in [6.45, 7) is 3.47. The van der Waals surface area contributed by atoms with Gasteiger partial charge in [0.2, 0.25) is 5.89 Å². The van der Waals surface area contributed by atoms with Crippen LogP contribution in [0.25, 0.3) is 17.5 Å². The SMILES string of the molecule is Cc1oc(-c2ccc(C(F)(F)F)cc2)nc1COc1cccc(C=CC(C)n2oc(=O)[nH]c2=O)c1. The fourth-order valence-electron chi connectivity index (χ4n) is 3.24. The van der Waals surface area contributed by atoms with Crippen molar-refractivity contribution in [1.29, 1.82) is 0 Å². The number of hydrogen-bond acceptors (Lipinski definition) is 6. The summed E-state index contributed by atoms with van der Waals surface area (Å²) >= 11 is 0. The fraction of sp³-hybridized carbons (Fsp3) is 0.208. The number of nitrogens with one attached hydrogen (secondary N) is 1. The Balaban J connectivity index is 1.43. The Morgan fingerprint density at radius 3 is 2.57 bits per heavy atom. The van der Waals surface area contributed by atoms with Gasteiger partial charge in [0.1, 0.15) is 23.8 Å². The molecule has 0 radical (unpaired) electrons. The lowest BCUT2D eigenvalue weighted by atomic mass is 10.1. The molecule has 1 atom stereocenters. The van der Waals surface area contributed by atoms with Crippen LogP contribution in [0.3, 0.4) is 0 Å². The standard InChI is InChI=1S/C24H20F3N3O5/c1-14(30-22(31)29-23(32)35-30)6-7-16-4-3-5-19(12-16)33-13-20-15(2)34-21(28-20)17-8-10-18(11-9-17)24(25,26)27/h3-12,14H,13H2,1-2H3,(H,29,31,32). The monoisotopic (exact) mass is 487 g/mol. The van der Waals surface area contributed by atoms with E-state index < -0.39 is 29.2 Å². The fourth-order valence-corrected chi connectivity index (χ4v) is 3.24. The van der Waals surface area contributed by atoms with Crippen LogP contribution >= 0.6 is 0 Å². The van der Waals surface area contributed by atoms with Crippen LogP contribution in [0.2, 0.25) is 0 Å². The van der Waals surface area contributed by atoms with Crippen molar-refractivity contribution in [2.45, 2.75) is 32.7 Å². The predicted molar refractivity (Wildman–Crippen MR) is 120 cm³/mol. The smallest absolute Gasteiger partial charge is 0.440 e. The summed E-state index contributed by atoms with van der Waals surface area (Å²) in [6, 6.07) is 11.2. The van der Waals surface area contributed by atoms with Crippen molar-refractivity contribution in [2.24, 2.45) is 0 Å². The van der Waals surface area contributed by atoms with Crippen molar-refractivity contribution >= 4 is 6.08 Å². The van der Waals surface area contributed by atoms with E-state index in [0.717, 1.165) is 22.4 Å². The number of aryl methyl sites for hydroxylation is 1. The van der Waals surface area contributed by atoms with Gasteiger partial charge in [0.05, 0.1) is 11.6 Å². The lowest BCUT2D eigenvalue weighted by Gasteiger charge is -2.06. The van der Waals surface area contributed by atoms with E-state index in [9.17, 15) is 22.8 Å². The van der Waals surface area contributed by atoms with Crippen LogP contribution in [0.1, 0.15) is 35.5 Å². The highest BCUT2D eigenvalue weighted by Crippen LogP contribution is 2.31. The third-order valence-corrected chi connectivity index (χ3v) is 5.11. The topological polar surface area (TPSA) is 103 Å². The van der Waals surface area contributed by atoms with Crippen molar-refractivity contribution in [2.75, 3.05) is 0 Å². The van der Waals surface area contributed by atoms with E-state index in [1.54, 1.807) is 44.2 Å². The van der Waals surface area contributed by atoms with Gasteiger partial charge in [-0.15, -0.1) is 4.74 Å². The number of halogens is 3. The first kappa shape index (κ1) is 23.9. The number of aromatic nitrogens is 3. The second-order valence-corrected chi connectivity index (χ2v) is 7.69. The molecular weight excluding hydrogens is 467 g/mol. The average Bonchev–Trinajstić information content (AvgIpc) is 3.36. The minimum atomic E-state index is -4.42. The number of H-pyrrole nitrogens is 1. The number of allylic oxidation sites excluding steroid dienone is 1. The van der Waals surface area contributed by atoms with E-state index in [2.05, 4.69) is 4.98 Å². The molecule has 0 saturated heterocycles. The molecule has 11 heteroatoms. The Bertz CT molecular complexity index is 1460. The number of nitrogens with zero attached hydrogens (tertiary/aromatic N) is 2. The number of oxazole rings is 1. The zero-order chi connectivity index (χ0) is 25.2. The van der Waals surface area contributed by atoms with Crippen molar-refractivity contribution in [3.8, 4) is 17.2 Å². The molecule has 0 saturated carbocycles. The van der Waals surface area contributed by atoms with E-state index >= 15 is 0 Å². The Morgan fingerprint density at radius 2 is 1.91 bits per heavy atom. The molecule has 1 N–H and O–H groups in total. The van der Waals surface area contributed by atoms with E-state index in [0.29, 0.717) is 22.8 Å². The number of hydrogen-bond donors (Lipinski definition) is 1. The Kier molecular flexibility index (Phi) is 6.50. The van der Waals surface area contributed by atoms with Crippen molar-refractivity contribution < 1.29 is 26.8 Å². The summed E-state index contributed by atoms with van der Waals surface area (Å²) in [4.78, 5) is 29.2. The summed E-state index contributed by atoms with van der Waals surface area (Å²) in [7, 11) is 0. The second kappa shape index (κ2) is 9.53. The average molecular weight is 487 g/mol. The van der Waals surface area contributed by atoms with Gasteiger partial charge >= 0.3 is 17.6 Å². The minimum Gasteiger partial charge on any atom is -0.487 e. The van der Waals surface area contributed by atoms with Gasteiger partial charge in [0.25, 0.3) is 0 Å². The van der Waals surface area contributed by atoms with Crippen LogP contribution in [0.4, 0.5) is 13.2 Å². The first-order valence-electron chi connectivity index (χ1n) is 10.5. The molecule has 2 aromatic heterocycles. The van der Waals surface area contributed by atoms with Gasteiger partial charge in [0.15, 0.2) is 0 Å². The molecule has 0 aliphatic carbocycles. The summed E-state index contributed by atoms with van der Waals surface area (Å²) in [5.41, 5.74) is 0.328. The maximum atomic E-state index is 12.8. The number of ether oxygens (including phenoxy) is 1. The van der Waals surface area contributed by atoms with Gasteiger partial charge in [-0.2, -0.15) is 13.2 Å². The summed E-state index contributed by atoms with van der Waals surface area (Å²) in [5, 5.41) is 0. The van der Waals surface area contributed by atoms with E-state index in [1.165, 1.54) is 12.1 Å². The van der Waals surface area contributed by atoms with Gasteiger partial charge in [-0.25, -0.2) is 19.6 Å². The zero-order valence-electron chi connectivity index (χ0n) is 18.6. The number of alkyl halides is 3. The molecule has 35 heavy (non-hydrogen) atoms. The summed E-state index contributed by atoms with van der Waals surface area (Å²) < 4.78 is 55.5. The van der Waals surface area contributed by atoms with Crippen LogP contribution in [0.15, 0.2) is 73.1 Å². The highest BCUT2D eigenvalue weighted by Gasteiger charge is 2.30. The van der Waals surface area contributed by atoms with Crippen LogP contribution in [-0.4, -0.2) is 14.7 Å². The number of aromatic amines is 1. The van der Waals surface area contributed by atoms with E-state index in [4.69, 9.17) is 13.7 Å². The molecule has 182 valence electrons. The summed E-state index contributed by atoms with van der Waals surface area (Å²) in [6.07, 6.45) is -0.974. The van der Waals surface area contributed by atoms with Crippen LogP contribution < -0.4 is 16.2 Å². The quantitative estimate of drug-likeness (QED) is 0.395. The molecule has 0 bridgehead atoms.